The van der Waals surface area contributed by atoms with Gasteiger partial charge in [0.2, 0.25) is 11.8 Å². The van der Waals surface area contributed by atoms with Gasteiger partial charge in [0.05, 0.1) is 6.54 Å². The summed E-state index contributed by atoms with van der Waals surface area (Å²) in [6.07, 6.45) is 2.03. The molecular weight excluding hydrogens is 306 g/mol. The van der Waals surface area contributed by atoms with Gasteiger partial charge in [-0.3, -0.25) is 9.69 Å². The zero-order valence-electron chi connectivity index (χ0n) is 15.1. The Balaban J connectivity index is 1.55. The van der Waals surface area contributed by atoms with Crippen LogP contribution in [-0.2, 0) is 4.79 Å². The molecule has 1 amide bonds. The number of amides is 1. The van der Waals surface area contributed by atoms with Crippen molar-refractivity contribution in [1.82, 2.24) is 24.8 Å². The second kappa shape index (κ2) is 7.61. The monoisotopic (exact) mass is 335 g/mol. The molecular formula is C17H29N5O2. The molecule has 3 heterocycles. The first-order valence-corrected chi connectivity index (χ1v) is 9.05. The van der Waals surface area contributed by atoms with E-state index in [0.29, 0.717) is 19.0 Å². The first kappa shape index (κ1) is 17.4. The number of piperazine rings is 1. The Morgan fingerprint density at radius 1 is 1.25 bits per heavy atom. The number of carbonyl (C=O) groups excluding carboxylic acids is 1. The molecule has 134 valence electrons. The van der Waals surface area contributed by atoms with Crippen LogP contribution in [0.2, 0.25) is 0 Å². The van der Waals surface area contributed by atoms with Gasteiger partial charge in [-0.15, -0.1) is 0 Å². The molecule has 0 radical (unpaired) electrons. The fourth-order valence-electron chi connectivity index (χ4n) is 3.36. The van der Waals surface area contributed by atoms with Crippen LogP contribution in [0.25, 0.3) is 0 Å². The smallest absolute Gasteiger partial charge is 0.236 e. The van der Waals surface area contributed by atoms with Gasteiger partial charge in [0.25, 0.3) is 0 Å². The number of hydrogen-bond donors (Lipinski definition) is 0. The van der Waals surface area contributed by atoms with E-state index in [4.69, 9.17) is 4.52 Å². The Morgan fingerprint density at radius 3 is 2.67 bits per heavy atom. The van der Waals surface area contributed by atoms with Gasteiger partial charge < -0.3 is 14.3 Å². The third-order valence-corrected chi connectivity index (χ3v) is 5.05. The second-order valence-corrected chi connectivity index (χ2v) is 7.40. The first-order valence-electron chi connectivity index (χ1n) is 9.05. The molecule has 0 aliphatic carbocycles. The number of likely N-dealkylation sites (tertiary alicyclic amines) is 1. The van der Waals surface area contributed by atoms with Crippen molar-refractivity contribution in [3.8, 4) is 0 Å². The number of rotatable bonds is 4. The van der Waals surface area contributed by atoms with Crippen molar-refractivity contribution in [2.45, 2.75) is 38.5 Å². The molecule has 0 spiro atoms. The fourth-order valence-corrected chi connectivity index (χ4v) is 3.36. The highest BCUT2D eigenvalue weighted by Gasteiger charge is 2.29. The topological polar surface area (TPSA) is 65.7 Å². The summed E-state index contributed by atoms with van der Waals surface area (Å²) in [5.41, 5.74) is 0. The molecule has 0 saturated carbocycles. The van der Waals surface area contributed by atoms with Crippen LogP contribution in [0.1, 0.15) is 50.2 Å². The van der Waals surface area contributed by atoms with Crippen molar-refractivity contribution < 1.29 is 9.32 Å². The molecule has 1 aromatic heterocycles. The quantitative estimate of drug-likeness (QED) is 0.822. The minimum Gasteiger partial charge on any atom is -0.341 e. The molecule has 3 rings (SSSR count). The maximum absolute atomic E-state index is 12.6. The van der Waals surface area contributed by atoms with Gasteiger partial charge >= 0.3 is 0 Å². The lowest BCUT2D eigenvalue weighted by Gasteiger charge is -2.35. The van der Waals surface area contributed by atoms with Crippen molar-refractivity contribution in [1.29, 1.82) is 0 Å². The Labute approximate surface area is 144 Å². The van der Waals surface area contributed by atoms with E-state index in [1.807, 2.05) is 18.7 Å². The molecule has 0 bridgehead atoms. The molecule has 7 nitrogen and oxygen atoms in total. The fraction of sp³-hybridized carbons (Fsp3) is 0.824. The number of piperidine rings is 1. The largest absolute Gasteiger partial charge is 0.341 e. The molecule has 1 atom stereocenters. The maximum atomic E-state index is 12.6. The Morgan fingerprint density at radius 2 is 2.00 bits per heavy atom. The lowest BCUT2D eigenvalue weighted by atomic mass is 9.97. The highest BCUT2D eigenvalue weighted by Crippen LogP contribution is 2.26. The van der Waals surface area contributed by atoms with Gasteiger partial charge in [-0.25, -0.2) is 0 Å². The van der Waals surface area contributed by atoms with Crippen LogP contribution in [0.5, 0.6) is 0 Å². The van der Waals surface area contributed by atoms with Crippen LogP contribution >= 0.6 is 0 Å². The van der Waals surface area contributed by atoms with E-state index >= 15 is 0 Å². The average Bonchev–Trinajstić information content (AvgIpc) is 3.07. The zero-order valence-corrected chi connectivity index (χ0v) is 15.1. The molecule has 2 aliphatic rings. The summed E-state index contributed by atoms with van der Waals surface area (Å²) in [6, 6.07) is 0. The van der Waals surface area contributed by atoms with E-state index < -0.39 is 0 Å². The van der Waals surface area contributed by atoms with Crippen molar-refractivity contribution in [3.63, 3.8) is 0 Å². The molecule has 0 unspecified atom stereocenters. The predicted octanol–water partition coefficient (Wildman–Crippen LogP) is 1.15. The van der Waals surface area contributed by atoms with Crippen LogP contribution in [0.4, 0.5) is 0 Å². The molecule has 0 N–H and O–H groups in total. The van der Waals surface area contributed by atoms with Crippen molar-refractivity contribution >= 4 is 5.91 Å². The third-order valence-electron chi connectivity index (χ3n) is 5.05. The molecule has 2 fully saturated rings. The Bertz CT molecular complexity index is 551. The standard InChI is InChI=1S/C17H29N5O2/c1-13(2)17-18-16(19-24-17)14-5-4-6-22(11-14)15(23)12-21-9-7-20(3)8-10-21/h13-14H,4-12H2,1-3H3/t14-/m0/s1. The number of carbonyl (C=O) groups is 1. The normalized spacial score (nSPS) is 23.8. The van der Waals surface area contributed by atoms with E-state index in [0.717, 1.165) is 51.4 Å². The summed E-state index contributed by atoms with van der Waals surface area (Å²) >= 11 is 0. The first-order chi connectivity index (χ1) is 11.5. The summed E-state index contributed by atoms with van der Waals surface area (Å²) in [7, 11) is 2.13. The van der Waals surface area contributed by atoms with Gasteiger partial charge in [0.1, 0.15) is 0 Å². The molecule has 24 heavy (non-hydrogen) atoms. The van der Waals surface area contributed by atoms with Gasteiger partial charge in [0.15, 0.2) is 5.82 Å². The van der Waals surface area contributed by atoms with Gasteiger partial charge in [0, 0.05) is 51.1 Å². The lowest BCUT2D eigenvalue weighted by Crippen LogP contribution is -2.50. The minimum atomic E-state index is 0.200. The van der Waals surface area contributed by atoms with Crippen LogP contribution in [0.3, 0.4) is 0 Å². The predicted molar refractivity (Wildman–Crippen MR) is 90.9 cm³/mol. The Kier molecular flexibility index (Phi) is 5.50. The third kappa shape index (κ3) is 4.13. The van der Waals surface area contributed by atoms with Crippen LogP contribution < -0.4 is 0 Å². The van der Waals surface area contributed by atoms with E-state index in [1.54, 1.807) is 0 Å². The molecule has 0 aromatic carbocycles. The van der Waals surface area contributed by atoms with E-state index in [2.05, 4.69) is 27.0 Å². The zero-order chi connectivity index (χ0) is 17.1. The number of hydrogen-bond acceptors (Lipinski definition) is 6. The highest BCUT2D eigenvalue weighted by atomic mass is 16.5. The SMILES string of the molecule is CC(C)c1nc([C@H]2CCCN(C(=O)CN3CCN(C)CC3)C2)no1. The molecule has 2 aliphatic heterocycles. The van der Waals surface area contributed by atoms with E-state index in [9.17, 15) is 4.79 Å². The average molecular weight is 335 g/mol. The summed E-state index contributed by atoms with van der Waals surface area (Å²) in [4.78, 5) is 23.7. The Hall–Kier alpha value is -1.47. The highest BCUT2D eigenvalue weighted by molar-refractivity contribution is 5.78. The van der Waals surface area contributed by atoms with E-state index in [1.165, 1.54) is 0 Å². The van der Waals surface area contributed by atoms with Crippen molar-refractivity contribution in [2.24, 2.45) is 0 Å². The van der Waals surface area contributed by atoms with Gasteiger partial charge in [-0.1, -0.05) is 19.0 Å². The summed E-state index contributed by atoms with van der Waals surface area (Å²) in [5.74, 6) is 2.12. The number of aromatic nitrogens is 2. The van der Waals surface area contributed by atoms with Crippen molar-refractivity contribution in [2.75, 3.05) is 52.9 Å². The van der Waals surface area contributed by atoms with Gasteiger partial charge in [-0.2, -0.15) is 4.98 Å². The summed E-state index contributed by atoms with van der Waals surface area (Å²) in [5, 5.41) is 4.14. The van der Waals surface area contributed by atoms with Crippen LogP contribution in [0, 0.1) is 0 Å². The van der Waals surface area contributed by atoms with Crippen LogP contribution in [0.15, 0.2) is 4.52 Å². The molecule has 2 saturated heterocycles. The van der Waals surface area contributed by atoms with Gasteiger partial charge in [-0.05, 0) is 19.9 Å². The minimum absolute atomic E-state index is 0.200. The molecule has 7 heteroatoms. The van der Waals surface area contributed by atoms with Crippen molar-refractivity contribution in [3.05, 3.63) is 11.7 Å². The summed E-state index contributed by atoms with van der Waals surface area (Å²) < 4.78 is 5.33. The number of nitrogens with zero attached hydrogens (tertiary/aromatic N) is 5. The maximum Gasteiger partial charge on any atom is 0.236 e. The summed E-state index contributed by atoms with van der Waals surface area (Å²) in [6.45, 7) is 10.2. The lowest BCUT2D eigenvalue weighted by molar-refractivity contribution is -0.134. The second-order valence-electron chi connectivity index (χ2n) is 7.40. The number of likely N-dealkylation sites (N-methyl/N-ethyl adjacent to an activating group) is 1. The molecule has 1 aromatic rings. The van der Waals surface area contributed by atoms with Crippen LogP contribution in [-0.4, -0.2) is 83.6 Å². The van der Waals surface area contributed by atoms with E-state index in [-0.39, 0.29) is 17.7 Å².